The van der Waals surface area contributed by atoms with Crippen LogP contribution in [0.4, 0.5) is 0 Å². The van der Waals surface area contributed by atoms with Crippen molar-refractivity contribution in [1.29, 1.82) is 0 Å². The molecule has 0 aliphatic carbocycles. The molecule has 0 unspecified atom stereocenters. The average Bonchev–Trinajstić information content (AvgIpc) is 2.32. The molecule has 0 aromatic heterocycles. The summed E-state index contributed by atoms with van der Waals surface area (Å²) in [5.74, 6) is -0.108. The van der Waals surface area contributed by atoms with Crippen LogP contribution in [0, 0.1) is 0 Å². The molecule has 5 heteroatoms. The van der Waals surface area contributed by atoms with Crippen LogP contribution in [-0.4, -0.2) is 61.4 Å². The maximum absolute atomic E-state index is 11.1. The van der Waals surface area contributed by atoms with Crippen LogP contribution in [0.2, 0.25) is 0 Å². The molecule has 1 rings (SSSR count). The molecule has 17 heavy (non-hydrogen) atoms. The molecule has 1 atom stereocenters. The van der Waals surface area contributed by atoms with E-state index in [0.717, 1.165) is 25.9 Å². The first kappa shape index (κ1) is 14.2. The summed E-state index contributed by atoms with van der Waals surface area (Å²) in [6.07, 6.45) is 2.70. The van der Waals surface area contributed by atoms with E-state index in [2.05, 4.69) is 16.8 Å². The van der Waals surface area contributed by atoms with E-state index in [1.165, 1.54) is 6.08 Å². The van der Waals surface area contributed by atoms with Crippen molar-refractivity contribution in [3.63, 3.8) is 0 Å². The number of carbonyl (C=O) groups excluding carboxylic acids is 1. The summed E-state index contributed by atoms with van der Waals surface area (Å²) >= 11 is 0. The van der Waals surface area contributed by atoms with Gasteiger partial charge in [0.05, 0.1) is 12.7 Å². The highest BCUT2D eigenvalue weighted by atomic mass is 16.5. The first-order valence-electron chi connectivity index (χ1n) is 5.98. The largest absolute Gasteiger partial charge is 0.389 e. The molecule has 98 valence electrons. The number of hydrogen-bond donors (Lipinski definition) is 2. The Morgan fingerprint density at radius 1 is 1.65 bits per heavy atom. The molecule has 0 spiro atoms. The molecule has 0 aromatic carbocycles. The number of β-amino-alcohol motifs (C(OH)–C–C–N with tert-alkyl or cyclic N) is 1. The number of rotatable bonds is 6. The molecule has 2 N–H and O–H groups in total. The average molecular weight is 242 g/mol. The quantitative estimate of drug-likeness (QED) is 0.631. The third-order valence-corrected chi connectivity index (χ3v) is 2.95. The van der Waals surface area contributed by atoms with E-state index in [1.807, 2.05) is 0 Å². The molecule has 0 saturated carbocycles. The SMILES string of the molecule is C=CC(=O)NC1CCN(C[C@@H](O)COC)CC1. The lowest BCUT2D eigenvalue weighted by Gasteiger charge is -2.33. The fourth-order valence-electron chi connectivity index (χ4n) is 2.06. The molecule has 5 nitrogen and oxygen atoms in total. The number of amides is 1. The van der Waals surface area contributed by atoms with Crippen molar-refractivity contribution in [2.75, 3.05) is 33.4 Å². The lowest BCUT2D eigenvalue weighted by atomic mass is 10.0. The number of piperidine rings is 1. The second kappa shape index (κ2) is 7.42. The van der Waals surface area contributed by atoms with Crippen molar-refractivity contribution in [3.8, 4) is 0 Å². The van der Waals surface area contributed by atoms with Gasteiger partial charge in [0, 0.05) is 32.8 Å². The summed E-state index contributed by atoms with van der Waals surface area (Å²) in [6, 6.07) is 0.233. The molecule has 1 saturated heterocycles. The molecule has 1 fully saturated rings. The molecule has 1 aliphatic heterocycles. The van der Waals surface area contributed by atoms with Gasteiger partial charge in [0.15, 0.2) is 0 Å². The highest BCUT2D eigenvalue weighted by molar-refractivity contribution is 5.87. The minimum atomic E-state index is -0.431. The number of likely N-dealkylation sites (tertiary alicyclic amines) is 1. The van der Waals surface area contributed by atoms with E-state index in [4.69, 9.17) is 4.74 Å². The minimum Gasteiger partial charge on any atom is -0.389 e. The number of nitrogens with one attached hydrogen (secondary N) is 1. The first-order valence-corrected chi connectivity index (χ1v) is 5.98. The van der Waals surface area contributed by atoms with Crippen LogP contribution in [-0.2, 0) is 9.53 Å². The summed E-state index contributed by atoms with van der Waals surface area (Å²) in [5.41, 5.74) is 0. The number of ether oxygens (including phenoxy) is 1. The van der Waals surface area contributed by atoms with Gasteiger partial charge in [-0.05, 0) is 18.9 Å². The Bertz CT molecular complexity index is 250. The van der Waals surface area contributed by atoms with E-state index in [1.54, 1.807) is 7.11 Å². The Kier molecular flexibility index (Phi) is 6.18. The first-order chi connectivity index (χ1) is 8.15. The van der Waals surface area contributed by atoms with Crippen LogP contribution >= 0.6 is 0 Å². The Morgan fingerprint density at radius 2 is 2.29 bits per heavy atom. The lowest BCUT2D eigenvalue weighted by molar-refractivity contribution is -0.117. The van der Waals surface area contributed by atoms with Crippen LogP contribution < -0.4 is 5.32 Å². The van der Waals surface area contributed by atoms with E-state index >= 15 is 0 Å². The van der Waals surface area contributed by atoms with Gasteiger partial charge in [-0.25, -0.2) is 0 Å². The maximum atomic E-state index is 11.1. The highest BCUT2D eigenvalue weighted by Gasteiger charge is 2.21. The highest BCUT2D eigenvalue weighted by Crippen LogP contribution is 2.10. The molecule has 0 radical (unpaired) electrons. The normalized spacial score (nSPS) is 19.9. The topological polar surface area (TPSA) is 61.8 Å². The zero-order valence-corrected chi connectivity index (χ0v) is 10.4. The van der Waals surface area contributed by atoms with Gasteiger partial charge in [-0.3, -0.25) is 4.79 Å². The smallest absolute Gasteiger partial charge is 0.243 e. The zero-order chi connectivity index (χ0) is 12.7. The van der Waals surface area contributed by atoms with E-state index in [9.17, 15) is 9.90 Å². The summed E-state index contributed by atoms with van der Waals surface area (Å²) < 4.78 is 4.89. The number of nitrogens with zero attached hydrogens (tertiary/aromatic N) is 1. The van der Waals surface area contributed by atoms with E-state index < -0.39 is 6.10 Å². The van der Waals surface area contributed by atoms with Crippen LogP contribution in [0.15, 0.2) is 12.7 Å². The molecular formula is C12H22N2O3. The van der Waals surface area contributed by atoms with Crippen molar-refractivity contribution in [2.45, 2.75) is 25.0 Å². The third-order valence-electron chi connectivity index (χ3n) is 2.95. The second-order valence-electron chi connectivity index (χ2n) is 4.40. The molecule has 1 amide bonds. The van der Waals surface area contributed by atoms with Gasteiger partial charge in [-0.2, -0.15) is 0 Å². The number of aliphatic hydroxyl groups is 1. The van der Waals surface area contributed by atoms with Gasteiger partial charge in [0.1, 0.15) is 0 Å². The number of hydrogen-bond acceptors (Lipinski definition) is 4. The lowest BCUT2D eigenvalue weighted by Crippen LogP contribution is -2.46. The third kappa shape index (κ3) is 5.30. The monoisotopic (exact) mass is 242 g/mol. The van der Waals surface area contributed by atoms with E-state index in [-0.39, 0.29) is 11.9 Å². The van der Waals surface area contributed by atoms with Crippen molar-refractivity contribution >= 4 is 5.91 Å². The fourth-order valence-corrected chi connectivity index (χ4v) is 2.06. The fraction of sp³-hybridized carbons (Fsp3) is 0.750. The summed E-state index contributed by atoms with van der Waals surface area (Å²) in [6.45, 7) is 6.22. The minimum absolute atomic E-state index is 0.108. The predicted octanol–water partition coefficient (Wildman–Crippen LogP) is -0.240. The predicted molar refractivity (Wildman–Crippen MR) is 65.7 cm³/mol. The number of methoxy groups -OCH3 is 1. The number of aliphatic hydroxyl groups excluding tert-OH is 1. The molecule has 1 aliphatic rings. The van der Waals surface area contributed by atoms with Gasteiger partial charge in [0.25, 0.3) is 0 Å². The van der Waals surface area contributed by atoms with Crippen LogP contribution in [0.5, 0.6) is 0 Å². The van der Waals surface area contributed by atoms with Crippen molar-refractivity contribution < 1.29 is 14.6 Å². The second-order valence-corrected chi connectivity index (χ2v) is 4.40. The molecule has 0 aromatic rings. The van der Waals surface area contributed by atoms with Crippen LogP contribution in [0.3, 0.4) is 0 Å². The Morgan fingerprint density at radius 3 is 2.82 bits per heavy atom. The summed E-state index contributed by atoms with van der Waals surface area (Å²) in [5, 5.41) is 12.5. The number of carbonyl (C=O) groups is 1. The van der Waals surface area contributed by atoms with E-state index in [0.29, 0.717) is 13.2 Å². The summed E-state index contributed by atoms with van der Waals surface area (Å²) in [7, 11) is 1.58. The van der Waals surface area contributed by atoms with Gasteiger partial charge >= 0.3 is 0 Å². The van der Waals surface area contributed by atoms with Crippen LogP contribution in [0.1, 0.15) is 12.8 Å². The van der Waals surface area contributed by atoms with Gasteiger partial charge < -0.3 is 20.1 Å². The Hall–Kier alpha value is -0.910. The molecular weight excluding hydrogens is 220 g/mol. The zero-order valence-electron chi connectivity index (χ0n) is 10.4. The molecule has 0 bridgehead atoms. The van der Waals surface area contributed by atoms with Gasteiger partial charge in [-0.15, -0.1) is 0 Å². The van der Waals surface area contributed by atoms with Crippen LogP contribution in [0.25, 0.3) is 0 Å². The van der Waals surface area contributed by atoms with Gasteiger partial charge in [-0.1, -0.05) is 6.58 Å². The maximum Gasteiger partial charge on any atom is 0.243 e. The molecule has 1 heterocycles. The van der Waals surface area contributed by atoms with Gasteiger partial charge in [0.2, 0.25) is 5.91 Å². The standard InChI is InChI=1S/C12H22N2O3/c1-3-12(16)13-10-4-6-14(7-5-10)8-11(15)9-17-2/h3,10-11,15H,1,4-9H2,2H3,(H,13,16)/t11-/m1/s1. The van der Waals surface area contributed by atoms with Crippen molar-refractivity contribution in [3.05, 3.63) is 12.7 Å². The van der Waals surface area contributed by atoms with Crippen molar-refractivity contribution in [1.82, 2.24) is 10.2 Å². The Balaban J connectivity index is 2.21. The summed E-state index contributed by atoms with van der Waals surface area (Å²) in [4.78, 5) is 13.3. The Labute approximate surface area is 102 Å². The van der Waals surface area contributed by atoms with Crippen molar-refractivity contribution in [2.24, 2.45) is 0 Å².